The molecular weight excluding hydrogens is 425 g/mol. The van der Waals surface area contributed by atoms with E-state index in [2.05, 4.69) is 10.1 Å². The number of alkyl halides is 3. The fourth-order valence-corrected chi connectivity index (χ4v) is 3.75. The number of hydrogen-bond donors (Lipinski definition) is 0. The van der Waals surface area contributed by atoms with Crippen LogP contribution in [0.3, 0.4) is 0 Å². The average Bonchev–Trinajstić information content (AvgIpc) is 3.29. The number of pyridine rings is 1. The second-order valence-electron chi connectivity index (χ2n) is 7.38. The van der Waals surface area contributed by atoms with Crippen molar-refractivity contribution in [3.63, 3.8) is 0 Å². The van der Waals surface area contributed by atoms with Crippen molar-refractivity contribution in [2.75, 3.05) is 26.3 Å². The number of benzene rings is 1. The number of ether oxygens (including phenoxy) is 1. The molecule has 0 spiro atoms. The number of rotatable bonds is 3. The second kappa shape index (κ2) is 7.94. The molecule has 5 rings (SSSR count). The minimum atomic E-state index is -4.54. The van der Waals surface area contributed by atoms with E-state index >= 15 is 0 Å². The predicted octanol–water partition coefficient (Wildman–Crippen LogP) is 4.27. The largest absolute Gasteiger partial charge is 0.464 e. The SMILES string of the molecule is [2H]C1([2H])COCCN(C(=O)c2cc3c(cn2)c(-c2coc4ccccc24)nn3CC(F)(F)F)C1. The molecule has 1 aliphatic rings. The number of fused-ring (bicyclic) bond motifs is 2. The highest BCUT2D eigenvalue weighted by molar-refractivity contribution is 6.03. The quantitative estimate of drug-likeness (QED) is 0.470. The predicted molar refractivity (Wildman–Crippen MR) is 110 cm³/mol. The van der Waals surface area contributed by atoms with Crippen molar-refractivity contribution in [3.8, 4) is 11.3 Å². The summed E-state index contributed by atoms with van der Waals surface area (Å²) in [5, 5.41) is 5.23. The van der Waals surface area contributed by atoms with Gasteiger partial charge in [-0.25, -0.2) is 0 Å². The van der Waals surface area contributed by atoms with Crippen LogP contribution >= 0.6 is 0 Å². The Hall–Kier alpha value is -3.40. The Morgan fingerprint density at radius 1 is 1.19 bits per heavy atom. The smallest absolute Gasteiger partial charge is 0.408 e. The van der Waals surface area contributed by atoms with Crippen molar-refractivity contribution in [1.29, 1.82) is 0 Å². The molecule has 0 aliphatic carbocycles. The van der Waals surface area contributed by atoms with Crippen LogP contribution in [0.5, 0.6) is 0 Å². The molecule has 10 heteroatoms. The number of carbonyl (C=O) groups excluding carboxylic acids is 1. The molecule has 1 fully saturated rings. The standard InChI is InChI=1S/C22H19F3N4O3/c23-22(24,25)13-29-18-10-17(21(30)28-6-3-8-31-9-7-28)26-11-15(18)20(27-29)16-12-32-19-5-2-1-4-14(16)19/h1-2,4-5,10-12H,3,6-9,13H2/i3D2. The van der Waals surface area contributed by atoms with Crippen LogP contribution in [0.1, 0.15) is 19.6 Å². The molecule has 1 amide bonds. The molecule has 4 heterocycles. The maximum atomic E-state index is 13.3. The van der Waals surface area contributed by atoms with Crippen molar-refractivity contribution < 1.29 is 29.9 Å². The van der Waals surface area contributed by atoms with Gasteiger partial charge >= 0.3 is 6.18 Å². The Morgan fingerprint density at radius 2 is 2.03 bits per heavy atom. The zero-order chi connectivity index (χ0) is 24.1. The van der Waals surface area contributed by atoms with Crippen LogP contribution in [0.2, 0.25) is 0 Å². The van der Waals surface area contributed by atoms with Crippen LogP contribution < -0.4 is 0 Å². The maximum Gasteiger partial charge on any atom is 0.408 e. The normalized spacial score (nSPS) is 17.9. The lowest BCUT2D eigenvalue weighted by Crippen LogP contribution is -2.33. The van der Waals surface area contributed by atoms with Crippen molar-refractivity contribution in [3.05, 3.63) is 48.5 Å². The minimum absolute atomic E-state index is 0.0880. The molecule has 0 bridgehead atoms. The fraction of sp³-hybridized carbons (Fsp3) is 0.318. The first-order valence-corrected chi connectivity index (χ1v) is 9.88. The van der Waals surface area contributed by atoms with E-state index in [1.165, 1.54) is 23.4 Å². The molecule has 0 N–H and O–H groups in total. The van der Waals surface area contributed by atoms with Gasteiger partial charge in [-0.1, -0.05) is 18.2 Å². The first-order chi connectivity index (χ1) is 16.1. The molecule has 166 valence electrons. The first kappa shape index (κ1) is 18.2. The highest BCUT2D eigenvalue weighted by Gasteiger charge is 2.31. The van der Waals surface area contributed by atoms with Gasteiger partial charge in [0.1, 0.15) is 29.8 Å². The van der Waals surface area contributed by atoms with Crippen molar-refractivity contribution in [2.24, 2.45) is 0 Å². The van der Waals surface area contributed by atoms with E-state index in [-0.39, 0.29) is 43.2 Å². The van der Waals surface area contributed by atoms with E-state index in [1.54, 1.807) is 24.3 Å². The number of aromatic nitrogens is 3. The van der Waals surface area contributed by atoms with E-state index in [9.17, 15) is 18.0 Å². The zero-order valence-corrected chi connectivity index (χ0v) is 16.7. The summed E-state index contributed by atoms with van der Waals surface area (Å²) in [5.74, 6) is -0.591. The summed E-state index contributed by atoms with van der Waals surface area (Å²) < 4.78 is 67.4. The lowest BCUT2D eigenvalue weighted by atomic mass is 10.1. The number of nitrogens with zero attached hydrogens (tertiary/aromatic N) is 4. The third-order valence-corrected chi connectivity index (χ3v) is 5.22. The van der Waals surface area contributed by atoms with Gasteiger partial charge in [-0.15, -0.1) is 0 Å². The van der Waals surface area contributed by atoms with E-state index in [4.69, 9.17) is 11.9 Å². The van der Waals surface area contributed by atoms with Crippen LogP contribution in [-0.4, -0.2) is 58.1 Å². The summed E-state index contributed by atoms with van der Waals surface area (Å²) in [7, 11) is 0. The molecule has 1 aromatic carbocycles. The molecule has 3 aromatic heterocycles. The maximum absolute atomic E-state index is 13.3. The van der Waals surface area contributed by atoms with Gasteiger partial charge in [0.15, 0.2) is 0 Å². The van der Waals surface area contributed by atoms with Crippen molar-refractivity contribution in [2.45, 2.75) is 19.1 Å². The van der Waals surface area contributed by atoms with Gasteiger partial charge in [0.25, 0.3) is 5.91 Å². The molecule has 7 nitrogen and oxygen atoms in total. The van der Waals surface area contributed by atoms with Gasteiger partial charge in [-0.05, 0) is 18.5 Å². The third kappa shape index (κ3) is 3.81. The lowest BCUT2D eigenvalue weighted by molar-refractivity contribution is -0.141. The number of halogens is 3. The summed E-state index contributed by atoms with van der Waals surface area (Å²) in [5.41, 5.74) is 1.33. The number of carbonyl (C=O) groups is 1. The molecule has 0 atom stereocenters. The third-order valence-electron chi connectivity index (χ3n) is 5.22. The van der Waals surface area contributed by atoms with Crippen LogP contribution in [0.4, 0.5) is 13.2 Å². The van der Waals surface area contributed by atoms with E-state index in [0.29, 0.717) is 21.9 Å². The Bertz CT molecular complexity index is 1380. The summed E-state index contributed by atoms with van der Waals surface area (Å²) in [4.78, 5) is 18.5. The number of para-hydroxylation sites is 1. The van der Waals surface area contributed by atoms with Gasteiger partial charge in [0.05, 0.1) is 12.1 Å². The summed E-state index contributed by atoms with van der Waals surface area (Å²) in [6.07, 6.45) is -3.53. The zero-order valence-electron chi connectivity index (χ0n) is 18.7. The minimum Gasteiger partial charge on any atom is -0.464 e. The van der Waals surface area contributed by atoms with Gasteiger partial charge in [-0.3, -0.25) is 14.5 Å². The van der Waals surface area contributed by atoms with Gasteiger partial charge in [-0.2, -0.15) is 18.3 Å². The Balaban J connectivity index is 1.61. The second-order valence-corrected chi connectivity index (χ2v) is 7.38. The first-order valence-electron chi connectivity index (χ1n) is 10.9. The Kier molecular flexibility index (Phi) is 4.51. The average molecular weight is 446 g/mol. The lowest BCUT2D eigenvalue weighted by Gasteiger charge is -2.19. The molecular formula is C22H19F3N4O3. The summed E-state index contributed by atoms with van der Waals surface area (Å²) in [6, 6.07) is 8.36. The van der Waals surface area contributed by atoms with Crippen LogP contribution in [0.25, 0.3) is 33.1 Å². The number of hydrogen-bond acceptors (Lipinski definition) is 5. The highest BCUT2D eigenvalue weighted by atomic mass is 19.4. The van der Waals surface area contributed by atoms with Crippen molar-refractivity contribution >= 4 is 27.8 Å². The Labute approximate surface area is 183 Å². The highest BCUT2D eigenvalue weighted by Crippen LogP contribution is 2.35. The van der Waals surface area contributed by atoms with Gasteiger partial charge in [0, 0.05) is 45.0 Å². The monoisotopic (exact) mass is 446 g/mol. The summed E-state index contributed by atoms with van der Waals surface area (Å²) in [6.45, 7) is -1.41. The topological polar surface area (TPSA) is 73.4 Å². The molecule has 32 heavy (non-hydrogen) atoms. The molecule has 4 aromatic rings. The molecule has 0 saturated carbocycles. The van der Waals surface area contributed by atoms with E-state index in [1.807, 2.05) is 0 Å². The van der Waals surface area contributed by atoms with Crippen LogP contribution in [-0.2, 0) is 11.3 Å². The molecule has 0 radical (unpaired) electrons. The molecule has 0 unspecified atom stereocenters. The summed E-state index contributed by atoms with van der Waals surface area (Å²) >= 11 is 0. The molecule has 1 aliphatic heterocycles. The van der Waals surface area contributed by atoms with Gasteiger partial charge < -0.3 is 14.1 Å². The molecule has 1 saturated heterocycles. The van der Waals surface area contributed by atoms with E-state index in [0.717, 1.165) is 4.68 Å². The fourth-order valence-electron chi connectivity index (χ4n) is 3.75. The van der Waals surface area contributed by atoms with E-state index < -0.39 is 25.0 Å². The van der Waals surface area contributed by atoms with Crippen LogP contribution in [0.15, 0.2) is 47.2 Å². The van der Waals surface area contributed by atoms with Gasteiger partial charge in [0.2, 0.25) is 0 Å². The number of amides is 1. The van der Waals surface area contributed by atoms with Crippen molar-refractivity contribution in [1.82, 2.24) is 19.7 Å². The van der Waals surface area contributed by atoms with Crippen LogP contribution in [0, 0.1) is 0 Å². The Morgan fingerprint density at radius 3 is 2.88 bits per heavy atom. The number of furan rings is 1.